The third-order valence-corrected chi connectivity index (χ3v) is 4.11. The van der Waals surface area contributed by atoms with E-state index in [9.17, 15) is 28.8 Å². The third kappa shape index (κ3) is 3.80. The van der Waals surface area contributed by atoms with Crippen LogP contribution < -0.4 is 5.32 Å². The van der Waals surface area contributed by atoms with Gasteiger partial charge in [-0.3, -0.25) is 14.9 Å². The number of nitro groups is 1. The topological polar surface area (TPSA) is 92.5 Å². The first-order chi connectivity index (χ1) is 13.3. The highest BCUT2D eigenvalue weighted by Crippen LogP contribution is 2.30. The molecule has 0 heterocycles. The van der Waals surface area contributed by atoms with Gasteiger partial charge in [0.05, 0.1) is 10.6 Å². The van der Waals surface area contributed by atoms with Gasteiger partial charge in [0.25, 0.3) is 5.69 Å². The largest absolute Gasteiger partial charge is 0.508 e. The summed E-state index contributed by atoms with van der Waals surface area (Å²) in [5.74, 6) is -2.38. The molecule has 0 aliphatic rings. The Hall–Kier alpha value is -3.81. The Morgan fingerprint density at radius 2 is 1.79 bits per heavy atom. The molecule has 28 heavy (non-hydrogen) atoms. The predicted octanol–water partition coefficient (Wildman–Crippen LogP) is 4.86. The van der Waals surface area contributed by atoms with Crippen LogP contribution >= 0.6 is 0 Å². The van der Waals surface area contributed by atoms with Crippen molar-refractivity contribution >= 4 is 22.8 Å². The van der Waals surface area contributed by atoms with Crippen molar-refractivity contribution in [1.82, 2.24) is 0 Å². The quantitative estimate of drug-likeness (QED) is 0.372. The van der Waals surface area contributed by atoms with Crippen molar-refractivity contribution in [1.29, 1.82) is 0 Å². The van der Waals surface area contributed by atoms with Crippen LogP contribution in [0.5, 0.6) is 5.75 Å². The van der Waals surface area contributed by atoms with Crippen molar-refractivity contribution in [2.75, 3.05) is 5.32 Å². The van der Waals surface area contributed by atoms with Crippen LogP contribution in [0.1, 0.15) is 21.5 Å². The number of nitro benzene ring substituents is 1. The lowest BCUT2D eigenvalue weighted by Gasteiger charge is -2.10. The van der Waals surface area contributed by atoms with Gasteiger partial charge in [0.1, 0.15) is 22.9 Å². The lowest BCUT2D eigenvalue weighted by atomic mass is 9.97. The van der Waals surface area contributed by atoms with Gasteiger partial charge in [-0.05, 0) is 48.9 Å². The smallest absolute Gasteiger partial charge is 0.282 e. The maximum atomic E-state index is 13.8. The molecule has 0 aromatic heterocycles. The number of carbonyl (C=O) groups is 1. The van der Waals surface area contributed by atoms with Gasteiger partial charge in [0.15, 0.2) is 5.78 Å². The highest BCUT2D eigenvalue weighted by atomic mass is 19.1. The number of phenolic OH excluding ortho intramolecular Hbond substituents is 1. The lowest BCUT2D eigenvalue weighted by molar-refractivity contribution is -0.385. The second kappa shape index (κ2) is 7.43. The van der Waals surface area contributed by atoms with Gasteiger partial charge in [0, 0.05) is 23.4 Å². The van der Waals surface area contributed by atoms with E-state index < -0.39 is 28.0 Å². The number of hydrogen-bond donors (Lipinski definition) is 2. The molecule has 2 N–H and O–H groups in total. The van der Waals surface area contributed by atoms with E-state index in [1.807, 2.05) is 0 Å². The molecule has 0 spiro atoms. The van der Waals surface area contributed by atoms with E-state index in [2.05, 4.69) is 5.32 Å². The summed E-state index contributed by atoms with van der Waals surface area (Å²) in [6.45, 7) is 1.64. The van der Waals surface area contributed by atoms with Gasteiger partial charge in [-0.1, -0.05) is 6.07 Å². The van der Waals surface area contributed by atoms with E-state index in [0.29, 0.717) is 11.6 Å². The Morgan fingerprint density at radius 1 is 1.04 bits per heavy atom. The van der Waals surface area contributed by atoms with E-state index in [1.54, 1.807) is 6.92 Å². The fourth-order valence-corrected chi connectivity index (χ4v) is 2.70. The summed E-state index contributed by atoms with van der Waals surface area (Å²) in [5, 5.41) is 23.7. The van der Waals surface area contributed by atoms with Crippen molar-refractivity contribution in [2.24, 2.45) is 0 Å². The van der Waals surface area contributed by atoms with Crippen molar-refractivity contribution in [2.45, 2.75) is 6.92 Å². The van der Waals surface area contributed by atoms with Gasteiger partial charge in [-0.25, -0.2) is 8.78 Å². The molecule has 0 unspecified atom stereocenters. The van der Waals surface area contributed by atoms with Crippen LogP contribution in [-0.2, 0) is 0 Å². The van der Waals surface area contributed by atoms with Crippen LogP contribution in [0.15, 0.2) is 54.6 Å². The number of nitrogens with zero attached hydrogens (tertiary/aromatic N) is 1. The van der Waals surface area contributed by atoms with E-state index in [-0.39, 0.29) is 28.3 Å². The second-order valence-electron chi connectivity index (χ2n) is 6.07. The van der Waals surface area contributed by atoms with Crippen molar-refractivity contribution in [3.63, 3.8) is 0 Å². The summed E-state index contributed by atoms with van der Waals surface area (Å²) in [5.41, 5.74) is 0.102. The molecule has 0 bridgehead atoms. The molecule has 3 rings (SSSR count). The second-order valence-corrected chi connectivity index (χ2v) is 6.07. The van der Waals surface area contributed by atoms with Crippen LogP contribution in [0, 0.1) is 28.7 Å². The molecule has 0 radical (unpaired) electrons. The normalized spacial score (nSPS) is 10.5. The number of aryl methyl sites for hydroxylation is 1. The number of nitrogens with one attached hydrogen (secondary N) is 1. The summed E-state index contributed by atoms with van der Waals surface area (Å²) in [4.78, 5) is 23.5. The SMILES string of the molecule is Cc1ccc(O)cc1C(=O)c1ccc(Nc2ccc(F)cc2F)cc1[N+](=O)[O-]. The number of hydrogen-bond acceptors (Lipinski definition) is 5. The first kappa shape index (κ1) is 19.0. The molecule has 0 fully saturated rings. The molecule has 3 aromatic carbocycles. The van der Waals surface area contributed by atoms with Crippen LogP contribution in [0.2, 0.25) is 0 Å². The number of aromatic hydroxyl groups is 1. The predicted molar refractivity (Wildman–Crippen MR) is 99.0 cm³/mol. The molecule has 142 valence electrons. The monoisotopic (exact) mass is 384 g/mol. The van der Waals surface area contributed by atoms with Crippen molar-refractivity contribution in [3.05, 3.63) is 93.0 Å². The minimum atomic E-state index is -0.863. The fraction of sp³-hybridized carbons (Fsp3) is 0.0500. The van der Waals surface area contributed by atoms with E-state index in [0.717, 1.165) is 18.2 Å². The summed E-state index contributed by atoms with van der Waals surface area (Å²) in [6.07, 6.45) is 0. The maximum absolute atomic E-state index is 13.8. The molecule has 0 atom stereocenters. The van der Waals surface area contributed by atoms with E-state index in [4.69, 9.17) is 0 Å². The van der Waals surface area contributed by atoms with Gasteiger partial charge >= 0.3 is 0 Å². The average molecular weight is 384 g/mol. The highest BCUT2D eigenvalue weighted by molar-refractivity contribution is 6.12. The molecule has 3 aromatic rings. The molecule has 0 aliphatic heterocycles. The molecule has 0 saturated carbocycles. The Bertz CT molecular complexity index is 1100. The molecule has 0 aliphatic carbocycles. The average Bonchev–Trinajstić information content (AvgIpc) is 2.65. The first-order valence-corrected chi connectivity index (χ1v) is 8.11. The minimum Gasteiger partial charge on any atom is -0.508 e. The highest BCUT2D eigenvalue weighted by Gasteiger charge is 2.23. The number of halogens is 2. The number of ketones is 1. The zero-order valence-electron chi connectivity index (χ0n) is 14.6. The van der Waals surface area contributed by atoms with E-state index in [1.165, 1.54) is 30.3 Å². The van der Waals surface area contributed by atoms with E-state index >= 15 is 0 Å². The van der Waals surface area contributed by atoms with Crippen LogP contribution in [0.3, 0.4) is 0 Å². The summed E-state index contributed by atoms with van der Waals surface area (Å²) in [7, 11) is 0. The van der Waals surface area contributed by atoms with Gasteiger partial charge in [-0.2, -0.15) is 0 Å². The van der Waals surface area contributed by atoms with Gasteiger partial charge in [-0.15, -0.1) is 0 Å². The Kier molecular flexibility index (Phi) is 5.04. The molecule has 0 saturated heterocycles. The number of rotatable bonds is 5. The zero-order chi connectivity index (χ0) is 20.4. The Balaban J connectivity index is 2.01. The number of phenols is 1. The Labute approximate surface area is 158 Å². The molecular formula is C20H14F2N2O4. The summed E-state index contributed by atoms with van der Waals surface area (Å²) in [6, 6.07) is 10.8. The fourth-order valence-electron chi connectivity index (χ4n) is 2.70. The van der Waals surface area contributed by atoms with Gasteiger partial charge in [0.2, 0.25) is 0 Å². The van der Waals surface area contributed by atoms with Crippen molar-refractivity contribution < 1.29 is 23.6 Å². The molecule has 8 heteroatoms. The minimum absolute atomic E-state index is 0.0707. The maximum Gasteiger partial charge on any atom is 0.282 e. The third-order valence-electron chi connectivity index (χ3n) is 4.11. The number of carbonyl (C=O) groups excluding carboxylic acids is 1. The molecular weight excluding hydrogens is 370 g/mol. The first-order valence-electron chi connectivity index (χ1n) is 8.11. The molecule has 0 amide bonds. The lowest BCUT2D eigenvalue weighted by Crippen LogP contribution is -2.08. The van der Waals surface area contributed by atoms with Crippen LogP contribution in [0.4, 0.5) is 25.8 Å². The summed E-state index contributed by atoms with van der Waals surface area (Å²) >= 11 is 0. The van der Waals surface area contributed by atoms with Crippen LogP contribution in [-0.4, -0.2) is 15.8 Å². The number of benzene rings is 3. The standard InChI is InChI=1S/C20H14F2N2O4/c1-11-2-5-14(25)10-16(11)20(26)15-6-4-13(9-19(15)24(27)28)23-18-7-3-12(21)8-17(18)22/h2-10,23,25H,1H3. The molecule has 6 nitrogen and oxygen atoms in total. The number of anilines is 2. The van der Waals surface area contributed by atoms with Crippen molar-refractivity contribution in [3.8, 4) is 5.75 Å². The van der Waals surface area contributed by atoms with Crippen LogP contribution in [0.25, 0.3) is 0 Å². The zero-order valence-corrected chi connectivity index (χ0v) is 14.6. The van der Waals surface area contributed by atoms with Gasteiger partial charge < -0.3 is 10.4 Å². The Morgan fingerprint density at radius 3 is 2.46 bits per heavy atom. The summed E-state index contributed by atoms with van der Waals surface area (Å²) < 4.78 is 26.8.